The number of rotatable bonds is 42. The van der Waals surface area contributed by atoms with Crippen molar-refractivity contribution in [1.29, 1.82) is 0 Å². The summed E-state index contributed by atoms with van der Waals surface area (Å²) in [5.41, 5.74) is 1.60. The van der Waals surface area contributed by atoms with E-state index in [1.807, 2.05) is 0 Å². The van der Waals surface area contributed by atoms with Crippen molar-refractivity contribution in [1.82, 2.24) is 0 Å². The van der Waals surface area contributed by atoms with Crippen LogP contribution in [0.3, 0.4) is 0 Å². The van der Waals surface area contributed by atoms with Gasteiger partial charge >= 0.3 is 15.6 Å². The van der Waals surface area contributed by atoms with Gasteiger partial charge in [-0.3, -0.25) is 18.1 Å². The van der Waals surface area contributed by atoms with Crippen LogP contribution in [-0.2, 0) is 31.5 Å². The second-order valence-electron chi connectivity index (χ2n) is 23.5. The van der Waals surface area contributed by atoms with Crippen LogP contribution in [0.25, 0.3) is 0 Å². The molecule has 0 aliphatic heterocycles. The second-order valence-corrected chi connectivity index (χ2v) is 26.9. The van der Waals surface area contributed by atoms with E-state index >= 15 is 0 Å². The largest absolute Gasteiger partial charge is 0.483 e. The lowest BCUT2D eigenvalue weighted by Gasteiger charge is -2.23. The molecule has 0 fully saturated rings. The molecule has 0 atom stereocenters. The molecule has 7 nitrogen and oxygen atoms in total. The standard InChI is InChI=1S/C52H108O7P2/c1-49(2,3)41-33-25-17-13-21-29-37-45-55-60(53,56-46-38-30-22-14-18-26-34-42-50(4,5)6)59-61(54,57-47-39-31-23-15-19-27-35-43-51(7,8)9)58-48-40-32-24-16-20-28-36-44-52(10,11)12/h13-48H2,1-12H3. The predicted molar refractivity (Wildman–Crippen MR) is 266 cm³/mol. The first-order chi connectivity index (χ1) is 28.5. The van der Waals surface area contributed by atoms with Gasteiger partial charge in [-0.15, -0.1) is 0 Å². The Morgan fingerprint density at radius 2 is 0.393 bits per heavy atom. The summed E-state index contributed by atoms with van der Waals surface area (Å²) in [4.78, 5) is 0. The summed E-state index contributed by atoms with van der Waals surface area (Å²) in [5.74, 6) is 0. The zero-order valence-electron chi connectivity index (χ0n) is 43.2. The minimum absolute atomic E-state index is 0.224. The first-order valence-corrected chi connectivity index (χ1v) is 29.0. The van der Waals surface area contributed by atoms with Crippen LogP contribution < -0.4 is 0 Å². The molecule has 0 aromatic rings. The maximum atomic E-state index is 14.3. The molecule has 61 heavy (non-hydrogen) atoms. The molecule has 0 bridgehead atoms. The van der Waals surface area contributed by atoms with Crippen LogP contribution in [0.4, 0.5) is 0 Å². The Labute approximate surface area is 382 Å². The minimum Gasteiger partial charge on any atom is -0.287 e. The summed E-state index contributed by atoms with van der Waals surface area (Å²) in [5, 5.41) is 0. The van der Waals surface area contributed by atoms with Crippen LogP contribution in [0.2, 0.25) is 0 Å². The zero-order valence-corrected chi connectivity index (χ0v) is 45.0. The monoisotopic (exact) mass is 907 g/mol. The molecule has 368 valence electrons. The van der Waals surface area contributed by atoms with Crippen molar-refractivity contribution in [2.75, 3.05) is 26.4 Å². The molecule has 0 rings (SSSR count). The molecule has 0 aromatic carbocycles. The fraction of sp³-hybridized carbons (Fsp3) is 1.00. The number of hydrogen-bond acceptors (Lipinski definition) is 7. The van der Waals surface area contributed by atoms with Gasteiger partial charge in [-0.1, -0.05) is 237 Å². The maximum Gasteiger partial charge on any atom is 0.483 e. The van der Waals surface area contributed by atoms with Crippen molar-refractivity contribution in [3.05, 3.63) is 0 Å². The highest BCUT2D eigenvalue weighted by atomic mass is 31.3. The SMILES string of the molecule is CC(C)(C)CCCCCCCCCOP(=O)(OCCCCCCCCCC(C)(C)C)OP(=O)(OCCCCCCCCCC(C)(C)C)OCCCCCCCCCC(C)(C)C. The van der Waals surface area contributed by atoms with Crippen LogP contribution >= 0.6 is 15.6 Å². The van der Waals surface area contributed by atoms with E-state index in [-0.39, 0.29) is 26.4 Å². The summed E-state index contributed by atoms with van der Waals surface area (Å²) >= 11 is 0. The Kier molecular flexibility index (Phi) is 35.6. The zero-order chi connectivity index (χ0) is 46.0. The van der Waals surface area contributed by atoms with E-state index in [9.17, 15) is 9.13 Å². The average molecular weight is 907 g/mol. The van der Waals surface area contributed by atoms with Crippen molar-refractivity contribution >= 4 is 15.6 Å². The van der Waals surface area contributed by atoms with Gasteiger partial charge in [0, 0.05) is 0 Å². The number of phosphoric acid groups is 2. The third kappa shape index (κ3) is 46.6. The van der Waals surface area contributed by atoms with Gasteiger partial charge in [0.05, 0.1) is 26.4 Å². The molecule has 0 aliphatic rings. The van der Waals surface area contributed by atoms with Gasteiger partial charge in [0.15, 0.2) is 0 Å². The molecule has 0 amide bonds. The number of unbranched alkanes of at least 4 members (excludes halogenated alkanes) is 24. The molecule has 0 saturated carbocycles. The first-order valence-electron chi connectivity index (χ1n) is 26.0. The molecule has 0 aromatic heterocycles. The van der Waals surface area contributed by atoms with Crippen molar-refractivity contribution in [2.45, 2.75) is 289 Å². The van der Waals surface area contributed by atoms with Crippen LogP contribution in [0.5, 0.6) is 0 Å². The van der Waals surface area contributed by atoms with E-state index in [2.05, 4.69) is 83.1 Å². The van der Waals surface area contributed by atoms with E-state index < -0.39 is 15.6 Å². The number of phosphoric ester groups is 2. The lowest BCUT2D eigenvalue weighted by molar-refractivity contribution is 0.105. The number of hydrogen-bond donors (Lipinski definition) is 0. The van der Waals surface area contributed by atoms with Crippen LogP contribution in [0.1, 0.15) is 289 Å². The first kappa shape index (κ1) is 61.3. The van der Waals surface area contributed by atoms with Crippen molar-refractivity contribution in [2.24, 2.45) is 21.7 Å². The topological polar surface area (TPSA) is 80.3 Å². The Hall–Kier alpha value is 0.260. The Morgan fingerprint density at radius 1 is 0.246 bits per heavy atom. The molecule has 0 radical (unpaired) electrons. The molecule has 0 unspecified atom stereocenters. The smallest absolute Gasteiger partial charge is 0.287 e. The normalized spacial score (nSPS) is 13.4. The Balaban J connectivity index is 5.25. The molecule has 0 spiro atoms. The quantitative estimate of drug-likeness (QED) is 0.0446. The van der Waals surface area contributed by atoms with E-state index in [0.29, 0.717) is 21.7 Å². The fourth-order valence-corrected chi connectivity index (χ4v) is 10.9. The maximum absolute atomic E-state index is 14.3. The van der Waals surface area contributed by atoms with Crippen LogP contribution in [-0.4, -0.2) is 26.4 Å². The highest BCUT2D eigenvalue weighted by molar-refractivity contribution is 7.62. The average Bonchev–Trinajstić information content (AvgIpc) is 3.13. The van der Waals surface area contributed by atoms with E-state index in [1.54, 1.807) is 0 Å². The van der Waals surface area contributed by atoms with E-state index in [0.717, 1.165) is 77.0 Å². The van der Waals surface area contributed by atoms with Crippen LogP contribution in [0.15, 0.2) is 0 Å². The molecule has 0 N–H and O–H groups in total. The lowest BCUT2D eigenvalue weighted by Crippen LogP contribution is -2.07. The molecule has 0 aliphatic carbocycles. The minimum atomic E-state index is -4.21. The molecular weight excluding hydrogens is 799 g/mol. The van der Waals surface area contributed by atoms with Crippen molar-refractivity contribution in [3.63, 3.8) is 0 Å². The van der Waals surface area contributed by atoms with Gasteiger partial charge < -0.3 is 0 Å². The third-order valence-corrected chi connectivity index (χ3v) is 15.1. The van der Waals surface area contributed by atoms with Gasteiger partial charge in [-0.05, 0) is 73.0 Å². The van der Waals surface area contributed by atoms with E-state index in [1.165, 1.54) is 128 Å². The van der Waals surface area contributed by atoms with E-state index in [4.69, 9.17) is 22.4 Å². The summed E-state index contributed by atoms with van der Waals surface area (Å²) < 4.78 is 58.0. The molecule has 0 heterocycles. The van der Waals surface area contributed by atoms with Crippen molar-refractivity contribution < 1.29 is 31.5 Å². The second kappa shape index (κ2) is 35.5. The van der Waals surface area contributed by atoms with Gasteiger partial charge in [-0.25, -0.2) is 9.13 Å². The van der Waals surface area contributed by atoms with Crippen molar-refractivity contribution in [3.8, 4) is 0 Å². The van der Waals surface area contributed by atoms with Gasteiger partial charge in [-0.2, -0.15) is 4.31 Å². The van der Waals surface area contributed by atoms with Gasteiger partial charge in [0.1, 0.15) is 0 Å². The molecule has 0 saturated heterocycles. The summed E-state index contributed by atoms with van der Waals surface area (Å²) in [6, 6.07) is 0. The summed E-state index contributed by atoms with van der Waals surface area (Å²) in [6.07, 6.45) is 36.3. The fourth-order valence-electron chi connectivity index (χ4n) is 7.56. The highest BCUT2D eigenvalue weighted by Crippen LogP contribution is 2.66. The van der Waals surface area contributed by atoms with Gasteiger partial charge in [0.2, 0.25) is 0 Å². The summed E-state index contributed by atoms with van der Waals surface area (Å²) in [6.45, 7) is 28.6. The Morgan fingerprint density at radius 3 is 0.557 bits per heavy atom. The Bertz CT molecular complexity index is 923. The lowest BCUT2D eigenvalue weighted by atomic mass is 9.89. The highest BCUT2D eigenvalue weighted by Gasteiger charge is 2.40. The van der Waals surface area contributed by atoms with Gasteiger partial charge in [0.25, 0.3) is 0 Å². The van der Waals surface area contributed by atoms with Crippen LogP contribution in [0, 0.1) is 21.7 Å². The predicted octanol–water partition coefficient (Wildman–Crippen LogP) is 20.0. The molecular formula is C52H108O7P2. The molecule has 9 heteroatoms. The summed E-state index contributed by atoms with van der Waals surface area (Å²) in [7, 11) is -8.41. The third-order valence-electron chi connectivity index (χ3n) is 11.5.